The third kappa shape index (κ3) is 25.9. The molecule has 0 amide bonds. The molecule has 4 aromatic carbocycles. The molecule has 6 rings (SSSR count). The molecule has 27 heteroatoms. The molecule has 2 fully saturated rings. The van der Waals surface area contributed by atoms with Gasteiger partial charge in [0.15, 0.2) is 17.7 Å². The predicted octanol–water partition coefficient (Wildman–Crippen LogP) is 6.09. The maximum atomic E-state index is 11.2. The van der Waals surface area contributed by atoms with Crippen LogP contribution in [0.5, 0.6) is 0 Å². The first-order valence-electron chi connectivity index (χ1n) is 19.2. The summed E-state index contributed by atoms with van der Waals surface area (Å²) in [4.78, 5) is 23.7. The number of nitro groups is 2. The number of nitrogens with zero attached hydrogens (tertiary/aromatic N) is 4. The molecule has 2 saturated heterocycles. The number of aliphatic hydroxyl groups excluding tert-OH is 1. The molecular weight excluding hydrogens is 1110 g/mol. The summed E-state index contributed by atoms with van der Waals surface area (Å²) in [5.74, 6) is -1.51. The zero-order chi connectivity index (χ0) is 49.5. The summed E-state index contributed by atoms with van der Waals surface area (Å²) < 4.78 is 28.1. The Balaban J connectivity index is 0.000000321. The van der Waals surface area contributed by atoms with Crippen LogP contribution in [0.4, 0.5) is 0 Å². The third-order valence-electron chi connectivity index (χ3n) is 8.47. The Kier molecular flexibility index (Phi) is 31.7. The molecule has 364 valence electrons. The summed E-state index contributed by atoms with van der Waals surface area (Å²) in [7, 11) is 13.1. The maximum absolute atomic E-state index is 11.2. The standard InChI is InChI=1S/C20H23NO5.C13H10N2.C7H13NO5.S8.S5/c1-20(2)24-14-18(26-20)17(13-21(22)23)25-19(15-9-5-3-6-10-15)16-11-7-4-8-12-16;14-15-13(11-7-3-1-4-8-11)12-9-5-2-6-10-12;1-7(2)12-4-6(13-7)5(9)3-8(10)11;1-3-5-7-8-6-4-2;1-3-5-4-2/h3-12,17-19H,13-14H2,1-2H3;1-10H;5-6,9H,3-4H2,1-2H3;;/t17-,18-;;5-,6-;;/m1.1../s1. The van der Waals surface area contributed by atoms with Crippen LogP contribution in [0.15, 0.2) is 121 Å². The van der Waals surface area contributed by atoms with E-state index in [9.17, 15) is 25.3 Å². The molecule has 4 aromatic rings. The first-order chi connectivity index (χ1) is 32.1. The fourth-order valence-electron chi connectivity index (χ4n) is 5.78. The molecule has 0 saturated carbocycles. The van der Waals surface area contributed by atoms with Crippen molar-refractivity contribution in [2.45, 2.75) is 69.8 Å². The zero-order valence-electron chi connectivity index (χ0n) is 36.0. The summed E-state index contributed by atoms with van der Waals surface area (Å²) in [6.45, 7) is 6.59. The second-order valence-corrected chi connectivity index (χ2v) is 29.9. The highest BCUT2D eigenvalue weighted by atomic mass is 33.4. The van der Waals surface area contributed by atoms with Gasteiger partial charge in [0.2, 0.25) is 13.1 Å². The normalized spacial score (nSPS) is 16.7. The molecule has 0 aliphatic carbocycles. The number of hydrogen-bond donors (Lipinski definition) is 1. The van der Waals surface area contributed by atoms with Gasteiger partial charge in [-0.05, 0) is 63.1 Å². The minimum Gasteiger partial charge on any atom is -0.383 e. The molecule has 0 spiro atoms. The Hall–Kier alpha value is -2.32. The highest BCUT2D eigenvalue weighted by Gasteiger charge is 2.42. The van der Waals surface area contributed by atoms with Crippen LogP contribution in [-0.4, -0.2) is 87.7 Å². The average molecular weight is 1160 g/mol. The van der Waals surface area contributed by atoms with Gasteiger partial charge in [-0.3, -0.25) is 20.2 Å². The highest BCUT2D eigenvalue weighted by molar-refractivity contribution is 8.70. The van der Waals surface area contributed by atoms with Gasteiger partial charge < -0.3 is 34.3 Å². The largest absolute Gasteiger partial charge is 0.383 e. The molecular formula is C40H46N4O10S13. The lowest BCUT2D eigenvalue weighted by Crippen LogP contribution is -2.39. The molecule has 2 heterocycles. The topological polar surface area (TPSA) is 189 Å². The van der Waals surface area contributed by atoms with E-state index in [1.165, 1.54) is 44.4 Å². The molecule has 0 aromatic heterocycles. The van der Waals surface area contributed by atoms with Gasteiger partial charge in [0, 0.05) is 135 Å². The molecule has 0 bridgehead atoms. The summed E-state index contributed by atoms with van der Waals surface area (Å²) in [5, 5.41) is 30.6. The van der Waals surface area contributed by atoms with Crippen molar-refractivity contribution in [3.8, 4) is 0 Å². The number of hydrogen-bond acceptors (Lipinski definition) is 14. The van der Waals surface area contributed by atoms with Gasteiger partial charge in [-0.25, -0.2) is 0 Å². The molecule has 2 aliphatic heterocycles. The average Bonchev–Trinajstić information content (AvgIpc) is 3.89. The van der Waals surface area contributed by atoms with Crippen LogP contribution in [0.25, 0.3) is 5.53 Å². The first-order valence-corrected chi connectivity index (χ1v) is 33.9. The molecule has 2 aliphatic rings. The zero-order valence-corrected chi connectivity index (χ0v) is 46.6. The van der Waals surface area contributed by atoms with Crippen LogP contribution in [0.3, 0.4) is 0 Å². The lowest BCUT2D eigenvalue weighted by Gasteiger charge is -2.27. The van der Waals surface area contributed by atoms with Gasteiger partial charge >= 0.3 is 5.71 Å². The summed E-state index contributed by atoms with van der Waals surface area (Å²) >= 11 is 18.1. The minimum atomic E-state index is -1.10. The minimum absolute atomic E-state index is 0.196. The van der Waals surface area contributed by atoms with Crippen LogP contribution >= 0.6 is 0 Å². The molecule has 0 radical (unpaired) electrons. The van der Waals surface area contributed by atoms with Gasteiger partial charge in [-0.15, -0.1) is 0 Å². The third-order valence-corrected chi connectivity index (χ3v) is 24.0. The summed E-state index contributed by atoms with van der Waals surface area (Å²) in [5.41, 5.74) is 13.3. The van der Waals surface area contributed by atoms with E-state index in [2.05, 4.69) is 49.5 Å². The van der Waals surface area contributed by atoms with Crippen LogP contribution in [0, 0.1) is 20.2 Å². The van der Waals surface area contributed by atoms with Gasteiger partial charge in [0.05, 0.1) is 24.3 Å². The van der Waals surface area contributed by atoms with Crippen LogP contribution in [-0.2, 0) is 148 Å². The fourth-order valence-corrected chi connectivity index (χ4v) is 19.5. The second kappa shape index (κ2) is 34.9. The van der Waals surface area contributed by atoms with Crippen molar-refractivity contribution in [3.63, 3.8) is 0 Å². The van der Waals surface area contributed by atoms with E-state index in [1.54, 1.807) is 63.2 Å². The van der Waals surface area contributed by atoms with E-state index in [1.807, 2.05) is 121 Å². The molecule has 0 unspecified atom stereocenters. The predicted molar refractivity (Wildman–Crippen MR) is 295 cm³/mol. The summed E-state index contributed by atoms with van der Waals surface area (Å²) in [6.07, 6.45) is -3.34. The number of rotatable bonds is 12. The van der Waals surface area contributed by atoms with Crippen molar-refractivity contribution in [1.29, 1.82) is 0 Å². The van der Waals surface area contributed by atoms with Crippen molar-refractivity contribution in [3.05, 3.63) is 169 Å². The lowest BCUT2D eigenvalue weighted by atomic mass is 10.0. The van der Waals surface area contributed by atoms with Crippen molar-refractivity contribution in [1.82, 2.24) is 0 Å². The molecule has 14 nitrogen and oxygen atoms in total. The van der Waals surface area contributed by atoms with E-state index < -0.39 is 53.6 Å². The van der Waals surface area contributed by atoms with Crippen LogP contribution in [0.1, 0.15) is 56.1 Å². The van der Waals surface area contributed by atoms with Gasteiger partial charge in [-0.1, -0.05) is 97.1 Å². The number of benzene rings is 4. The van der Waals surface area contributed by atoms with Gasteiger partial charge in [-0.2, -0.15) is 4.79 Å². The highest BCUT2D eigenvalue weighted by Crippen LogP contribution is 2.32. The second-order valence-electron chi connectivity index (χ2n) is 14.0. The van der Waals surface area contributed by atoms with Crippen molar-refractivity contribution in [2.75, 3.05) is 26.3 Å². The maximum Gasteiger partial charge on any atom is 0.329 e. The SMILES string of the molecule is CC1(C)OC[C@H]([C@@H](C[N+](=O)[O-])OC(c2ccccc2)c2ccccc2)O1.CC1(C)OC[C@H]([C@H](O)C[N+](=O)[O-])O1.S=S=S=S=S.S=S=S=S=S=S=S=S.[N-]=[N+]=C(c1ccccc1)c1ccccc1. The van der Waals surface area contributed by atoms with E-state index in [0.29, 0.717) is 5.71 Å². The molecule has 67 heavy (non-hydrogen) atoms. The van der Waals surface area contributed by atoms with Crippen LogP contribution < -0.4 is 0 Å². The Morgan fingerprint density at radius 3 is 1.34 bits per heavy atom. The van der Waals surface area contributed by atoms with E-state index in [0.717, 1.165) is 22.3 Å². The number of aliphatic hydroxyl groups is 1. The van der Waals surface area contributed by atoms with E-state index in [-0.39, 0.29) is 24.7 Å². The van der Waals surface area contributed by atoms with Gasteiger partial charge in [0.1, 0.15) is 24.4 Å². The quantitative estimate of drug-likeness (QED) is 0.0565. The van der Waals surface area contributed by atoms with Crippen LogP contribution in [0.2, 0.25) is 0 Å². The Bertz CT molecular complexity index is 2480. The Morgan fingerprint density at radius 2 is 1.03 bits per heavy atom. The number of ether oxygens (including phenoxy) is 5. The van der Waals surface area contributed by atoms with Gasteiger partial charge in [0.25, 0.3) is 0 Å². The smallest absolute Gasteiger partial charge is 0.329 e. The van der Waals surface area contributed by atoms with E-state index >= 15 is 0 Å². The van der Waals surface area contributed by atoms with Crippen molar-refractivity contribution < 1.29 is 43.4 Å². The summed E-state index contributed by atoms with van der Waals surface area (Å²) in [6, 6.07) is 38.6. The molecule has 4 atom stereocenters. The van der Waals surface area contributed by atoms with Crippen molar-refractivity contribution >= 4 is 130 Å². The monoisotopic (exact) mass is 1160 g/mol. The lowest BCUT2D eigenvalue weighted by molar-refractivity contribution is -0.495. The Labute approximate surface area is 434 Å². The van der Waals surface area contributed by atoms with Crippen molar-refractivity contribution in [2.24, 2.45) is 0 Å². The van der Waals surface area contributed by atoms with E-state index in [4.69, 9.17) is 29.2 Å². The first kappa shape index (κ1) is 60.8. The molecule has 1 N–H and O–H groups in total. The fraction of sp³-hybridized carbons (Fsp3) is 0.375. The Morgan fingerprint density at radius 1 is 0.657 bits per heavy atom.